The molecule has 8 heteroatoms. The number of thioether (sulfide) groups is 1. The number of aromatic nitrogens is 2. The molecule has 0 bridgehead atoms. The van der Waals surface area contributed by atoms with Crippen LogP contribution >= 0.6 is 11.8 Å². The molecule has 0 spiro atoms. The van der Waals surface area contributed by atoms with E-state index in [-0.39, 0.29) is 22.3 Å². The van der Waals surface area contributed by atoms with Gasteiger partial charge in [0.15, 0.2) is 0 Å². The van der Waals surface area contributed by atoms with E-state index in [0.29, 0.717) is 6.54 Å². The average Bonchev–Trinajstić information content (AvgIpc) is 2.94. The highest BCUT2D eigenvalue weighted by Gasteiger charge is 2.28. The number of carbonyl (C=O) groups excluding carboxylic acids is 1. The normalized spacial score (nSPS) is 16.7. The van der Waals surface area contributed by atoms with Crippen molar-refractivity contribution in [2.75, 3.05) is 12.3 Å². The Morgan fingerprint density at radius 1 is 1.52 bits per heavy atom. The first-order chi connectivity index (χ1) is 11.1. The summed E-state index contributed by atoms with van der Waals surface area (Å²) < 4.78 is 0. The molecule has 2 N–H and O–H groups in total. The number of hydrogen-bond donors (Lipinski definition) is 2. The molecular formula is C15H16N4O3S. The van der Waals surface area contributed by atoms with Crippen molar-refractivity contribution in [2.24, 2.45) is 0 Å². The van der Waals surface area contributed by atoms with Gasteiger partial charge in [0.25, 0.3) is 5.91 Å². The molecule has 1 aliphatic heterocycles. The van der Waals surface area contributed by atoms with Crippen LogP contribution in [-0.2, 0) is 6.42 Å². The van der Waals surface area contributed by atoms with Gasteiger partial charge in [0.1, 0.15) is 5.69 Å². The topological polar surface area (TPSA) is 101 Å². The maximum atomic E-state index is 12.2. The van der Waals surface area contributed by atoms with Gasteiger partial charge in [0.05, 0.1) is 4.92 Å². The highest BCUT2D eigenvalue weighted by Crippen LogP contribution is 2.36. The van der Waals surface area contributed by atoms with Crippen LogP contribution in [0.3, 0.4) is 0 Å². The van der Waals surface area contributed by atoms with Gasteiger partial charge in [0.2, 0.25) is 5.69 Å². The molecule has 1 aliphatic rings. The first kappa shape index (κ1) is 15.5. The molecule has 0 saturated heterocycles. The Labute approximate surface area is 137 Å². The monoisotopic (exact) mass is 332 g/mol. The molecule has 120 valence electrons. The van der Waals surface area contributed by atoms with E-state index in [2.05, 4.69) is 27.6 Å². The number of carbonyl (C=O) groups is 1. The van der Waals surface area contributed by atoms with Crippen molar-refractivity contribution in [3.63, 3.8) is 0 Å². The van der Waals surface area contributed by atoms with Gasteiger partial charge in [-0.2, -0.15) is 16.9 Å². The molecule has 2 aromatic rings. The van der Waals surface area contributed by atoms with Crippen molar-refractivity contribution >= 4 is 23.4 Å². The molecular weight excluding hydrogens is 316 g/mol. The van der Waals surface area contributed by atoms with Gasteiger partial charge in [-0.3, -0.25) is 20.0 Å². The summed E-state index contributed by atoms with van der Waals surface area (Å²) in [5.74, 6) is 0.476. The second kappa shape index (κ2) is 6.41. The van der Waals surface area contributed by atoms with Crippen LogP contribution < -0.4 is 5.32 Å². The maximum absolute atomic E-state index is 12.2. The number of nitrogens with one attached hydrogen (secondary N) is 2. The summed E-state index contributed by atoms with van der Waals surface area (Å²) in [7, 11) is 0. The van der Waals surface area contributed by atoms with Gasteiger partial charge in [0, 0.05) is 11.8 Å². The van der Waals surface area contributed by atoms with Crippen LogP contribution in [0.2, 0.25) is 0 Å². The van der Waals surface area contributed by atoms with Crippen molar-refractivity contribution in [3.8, 4) is 0 Å². The lowest BCUT2D eigenvalue weighted by molar-refractivity contribution is -0.385. The zero-order valence-electron chi connectivity index (χ0n) is 12.5. The van der Waals surface area contributed by atoms with Crippen molar-refractivity contribution in [1.29, 1.82) is 0 Å². The zero-order valence-corrected chi connectivity index (χ0v) is 13.4. The van der Waals surface area contributed by atoms with E-state index in [1.54, 1.807) is 11.8 Å². The minimum Gasteiger partial charge on any atom is -0.349 e. The van der Waals surface area contributed by atoms with Gasteiger partial charge in [-0.25, -0.2) is 0 Å². The lowest BCUT2D eigenvalue weighted by Gasteiger charge is -2.25. The first-order valence-electron chi connectivity index (χ1n) is 7.25. The molecule has 3 rings (SSSR count). The number of fused-ring (bicyclic) bond motifs is 1. The van der Waals surface area contributed by atoms with Crippen molar-refractivity contribution in [2.45, 2.75) is 18.6 Å². The fourth-order valence-electron chi connectivity index (χ4n) is 2.72. The van der Waals surface area contributed by atoms with Gasteiger partial charge in [-0.15, -0.1) is 0 Å². The third-order valence-corrected chi connectivity index (χ3v) is 5.12. The Morgan fingerprint density at radius 3 is 3.09 bits per heavy atom. The van der Waals surface area contributed by atoms with Gasteiger partial charge in [-0.1, -0.05) is 24.3 Å². The Balaban J connectivity index is 1.72. The molecule has 0 aliphatic carbocycles. The Bertz CT molecular complexity index is 759. The number of H-pyrrole nitrogens is 1. The number of nitro groups is 1. The van der Waals surface area contributed by atoms with E-state index < -0.39 is 10.8 Å². The number of hydrogen-bond acceptors (Lipinski definition) is 5. The zero-order chi connectivity index (χ0) is 16.4. The lowest BCUT2D eigenvalue weighted by atomic mass is 10.0. The maximum Gasteiger partial charge on any atom is 0.322 e. The van der Waals surface area contributed by atoms with Crippen LogP contribution in [0, 0.1) is 17.0 Å². The van der Waals surface area contributed by atoms with E-state index in [0.717, 1.165) is 12.2 Å². The average molecular weight is 332 g/mol. The predicted octanol–water partition coefficient (Wildman–Crippen LogP) is 2.39. The summed E-state index contributed by atoms with van der Waals surface area (Å²) in [6.45, 7) is 1.94. The lowest BCUT2D eigenvalue weighted by Crippen LogP contribution is -2.29. The SMILES string of the molecule is Cc1[nH]nc(C(=O)NC[C@@H]2SCCc3ccccc32)c1[N+](=O)[O-]. The quantitative estimate of drug-likeness (QED) is 0.661. The van der Waals surface area contributed by atoms with Gasteiger partial charge < -0.3 is 5.32 Å². The smallest absolute Gasteiger partial charge is 0.322 e. The fourth-order valence-corrected chi connectivity index (χ4v) is 3.95. The van der Waals surface area contributed by atoms with Crippen molar-refractivity contribution < 1.29 is 9.72 Å². The van der Waals surface area contributed by atoms with Crippen LogP contribution in [0.1, 0.15) is 32.6 Å². The molecule has 0 saturated carbocycles. The molecule has 0 unspecified atom stereocenters. The van der Waals surface area contributed by atoms with Gasteiger partial charge >= 0.3 is 5.69 Å². The third kappa shape index (κ3) is 3.07. The molecule has 2 heterocycles. The van der Waals surface area contributed by atoms with E-state index in [1.807, 2.05) is 12.1 Å². The molecule has 23 heavy (non-hydrogen) atoms. The minimum absolute atomic E-state index is 0.156. The van der Waals surface area contributed by atoms with E-state index >= 15 is 0 Å². The summed E-state index contributed by atoms with van der Waals surface area (Å²) in [4.78, 5) is 22.7. The van der Waals surface area contributed by atoms with Crippen LogP contribution in [-0.4, -0.2) is 33.3 Å². The van der Waals surface area contributed by atoms with Crippen molar-refractivity contribution in [3.05, 3.63) is 56.9 Å². The minimum atomic E-state index is -0.585. The summed E-state index contributed by atoms with van der Waals surface area (Å²) in [6.07, 6.45) is 1.02. The fraction of sp³-hybridized carbons (Fsp3) is 0.333. The molecule has 1 atom stereocenters. The predicted molar refractivity (Wildman–Crippen MR) is 87.7 cm³/mol. The Hall–Kier alpha value is -2.35. The van der Waals surface area contributed by atoms with Crippen LogP contribution in [0.25, 0.3) is 0 Å². The molecule has 0 radical (unpaired) electrons. The van der Waals surface area contributed by atoms with E-state index in [1.165, 1.54) is 18.1 Å². The molecule has 1 aromatic heterocycles. The molecule has 1 aromatic carbocycles. The number of nitrogens with zero attached hydrogens (tertiary/aromatic N) is 2. The summed E-state index contributed by atoms with van der Waals surface area (Å²) in [6, 6.07) is 8.17. The Morgan fingerprint density at radius 2 is 2.30 bits per heavy atom. The number of amides is 1. The van der Waals surface area contributed by atoms with Crippen molar-refractivity contribution in [1.82, 2.24) is 15.5 Å². The molecule has 0 fully saturated rings. The molecule has 7 nitrogen and oxygen atoms in total. The van der Waals surface area contributed by atoms with Crippen LogP contribution in [0.4, 0.5) is 5.69 Å². The third-order valence-electron chi connectivity index (χ3n) is 3.85. The van der Waals surface area contributed by atoms with Crippen LogP contribution in [0.15, 0.2) is 24.3 Å². The summed E-state index contributed by atoms with van der Waals surface area (Å²) in [5, 5.41) is 20.2. The summed E-state index contributed by atoms with van der Waals surface area (Å²) >= 11 is 1.78. The van der Waals surface area contributed by atoms with E-state index in [4.69, 9.17) is 0 Å². The second-order valence-corrected chi connectivity index (χ2v) is 6.63. The van der Waals surface area contributed by atoms with Crippen LogP contribution in [0.5, 0.6) is 0 Å². The number of aromatic amines is 1. The Kier molecular flexibility index (Phi) is 4.33. The van der Waals surface area contributed by atoms with Gasteiger partial charge in [-0.05, 0) is 30.2 Å². The second-order valence-electron chi connectivity index (χ2n) is 5.32. The number of rotatable bonds is 4. The standard InChI is InChI=1S/C15H16N4O3S/c1-9-14(19(21)22)13(18-17-9)15(20)16-8-12-11-5-3-2-4-10(11)6-7-23-12/h2-5,12H,6-8H2,1H3,(H,16,20)(H,17,18)/t12-/m0/s1. The van der Waals surface area contributed by atoms with E-state index in [9.17, 15) is 14.9 Å². The number of aryl methyl sites for hydroxylation is 2. The summed E-state index contributed by atoms with van der Waals surface area (Å²) in [5.41, 5.74) is 2.36. The highest BCUT2D eigenvalue weighted by atomic mass is 32.2. The largest absolute Gasteiger partial charge is 0.349 e. The number of benzene rings is 1. The molecule has 1 amide bonds. The highest BCUT2D eigenvalue weighted by molar-refractivity contribution is 7.99. The first-order valence-corrected chi connectivity index (χ1v) is 8.29.